The van der Waals surface area contributed by atoms with Gasteiger partial charge in [0.05, 0.1) is 36.7 Å². The number of aryl methyl sites for hydroxylation is 1. The van der Waals surface area contributed by atoms with Gasteiger partial charge in [-0.2, -0.15) is 0 Å². The number of hydrogen-bond donors (Lipinski definition) is 0. The molecular formula is C23H30N4O5. The lowest BCUT2D eigenvalue weighted by Crippen LogP contribution is -2.22. The van der Waals surface area contributed by atoms with Crippen LogP contribution in [-0.2, 0) is 32.7 Å². The third-order valence-corrected chi connectivity index (χ3v) is 6.76. The van der Waals surface area contributed by atoms with Crippen molar-refractivity contribution in [3.05, 3.63) is 24.0 Å². The lowest BCUT2D eigenvalue weighted by molar-refractivity contribution is -0.169. The zero-order valence-corrected chi connectivity index (χ0v) is 18.6. The van der Waals surface area contributed by atoms with Crippen LogP contribution in [0.2, 0.25) is 0 Å². The summed E-state index contributed by atoms with van der Waals surface area (Å²) in [5.74, 6) is 1.28. The molecule has 3 fully saturated rings. The Morgan fingerprint density at radius 3 is 2.91 bits per heavy atom. The van der Waals surface area contributed by atoms with Crippen LogP contribution in [0.4, 0.5) is 0 Å². The van der Waals surface area contributed by atoms with Gasteiger partial charge in [-0.05, 0) is 57.1 Å². The highest BCUT2D eigenvalue weighted by atomic mass is 16.7. The van der Waals surface area contributed by atoms with Crippen LogP contribution in [0.15, 0.2) is 18.3 Å². The van der Waals surface area contributed by atoms with Gasteiger partial charge in [0.2, 0.25) is 0 Å². The third kappa shape index (κ3) is 4.23. The Morgan fingerprint density at radius 1 is 1.25 bits per heavy atom. The van der Waals surface area contributed by atoms with Crippen LogP contribution in [0.3, 0.4) is 0 Å². The highest BCUT2D eigenvalue weighted by Crippen LogP contribution is 2.58. The molecule has 0 aromatic carbocycles. The minimum Gasteiger partial charge on any atom is -0.488 e. The summed E-state index contributed by atoms with van der Waals surface area (Å²) < 4.78 is 24.7. The highest BCUT2D eigenvalue weighted by Gasteiger charge is 2.63. The zero-order valence-electron chi connectivity index (χ0n) is 18.6. The van der Waals surface area contributed by atoms with Gasteiger partial charge in [-0.25, -0.2) is 4.68 Å². The number of carbonyl (C=O) groups excluding carboxylic acids is 1. The predicted molar refractivity (Wildman–Crippen MR) is 113 cm³/mol. The first kappa shape index (κ1) is 21.3. The SMILES string of the molecule is CCOC(=O)[C@@H]1[C@@H]2CC[C@@H](Oc3ccc(-c4nnn(C)c4COC4CCCCO4)nc3)[C@@H]21. The van der Waals surface area contributed by atoms with Gasteiger partial charge in [-0.1, -0.05) is 5.21 Å². The molecule has 1 saturated heterocycles. The van der Waals surface area contributed by atoms with Gasteiger partial charge in [-0.3, -0.25) is 9.78 Å². The van der Waals surface area contributed by atoms with Crippen molar-refractivity contribution in [2.75, 3.05) is 13.2 Å². The fraction of sp³-hybridized carbons (Fsp3) is 0.652. The molecule has 2 aromatic rings. The minimum absolute atomic E-state index is 0.00349. The summed E-state index contributed by atoms with van der Waals surface area (Å²) in [5.41, 5.74) is 2.27. The summed E-state index contributed by atoms with van der Waals surface area (Å²) in [6.07, 6.45) is 6.67. The van der Waals surface area contributed by atoms with E-state index in [9.17, 15) is 4.79 Å². The topological polar surface area (TPSA) is 97.6 Å². The number of carbonyl (C=O) groups is 1. The summed E-state index contributed by atoms with van der Waals surface area (Å²) in [5, 5.41) is 8.43. The molecule has 0 N–H and O–H groups in total. The average molecular weight is 443 g/mol. The monoisotopic (exact) mass is 442 g/mol. The van der Waals surface area contributed by atoms with E-state index >= 15 is 0 Å². The minimum atomic E-state index is -0.175. The Bertz CT molecular complexity index is 940. The van der Waals surface area contributed by atoms with Gasteiger partial charge in [-0.15, -0.1) is 5.10 Å². The smallest absolute Gasteiger partial charge is 0.309 e. The fourth-order valence-corrected chi connectivity index (χ4v) is 5.05. The summed E-state index contributed by atoms with van der Waals surface area (Å²) in [6, 6.07) is 3.79. The molecule has 5 rings (SSSR count). The number of esters is 1. The Labute approximate surface area is 187 Å². The van der Waals surface area contributed by atoms with Gasteiger partial charge >= 0.3 is 5.97 Å². The van der Waals surface area contributed by atoms with Gasteiger partial charge in [0, 0.05) is 19.6 Å². The second kappa shape index (κ2) is 9.15. The van der Waals surface area contributed by atoms with E-state index in [0.717, 1.165) is 44.4 Å². The number of pyridine rings is 1. The lowest BCUT2D eigenvalue weighted by Gasteiger charge is -2.22. The maximum absolute atomic E-state index is 12.1. The van der Waals surface area contributed by atoms with E-state index in [2.05, 4.69) is 15.3 Å². The van der Waals surface area contributed by atoms with E-state index in [4.69, 9.17) is 18.9 Å². The zero-order chi connectivity index (χ0) is 22.1. The van der Waals surface area contributed by atoms with Crippen LogP contribution in [0.25, 0.3) is 11.4 Å². The van der Waals surface area contributed by atoms with Crippen molar-refractivity contribution in [1.82, 2.24) is 20.0 Å². The Kier molecular flexibility index (Phi) is 6.10. The van der Waals surface area contributed by atoms with E-state index in [1.807, 2.05) is 26.1 Å². The normalized spacial score (nSPS) is 28.9. The standard InChI is InChI=1S/C23H30N4O5/c1-3-29-23(28)21-15-8-10-18(20(15)21)32-14-7-9-16(24-12-14)22-17(27(2)26-25-22)13-31-19-6-4-5-11-30-19/h7,9,12,15,18-21H,3-6,8,10-11,13H2,1-2H3/t15-,18-,19?,20-,21-/m1/s1. The summed E-state index contributed by atoms with van der Waals surface area (Å²) in [6.45, 7) is 3.38. The highest BCUT2D eigenvalue weighted by molar-refractivity contribution is 5.77. The molecule has 2 aromatic heterocycles. The summed E-state index contributed by atoms with van der Waals surface area (Å²) >= 11 is 0. The van der Waals surface area contributed by atoms with Crippen molar-refractivity contribution in [3.63, 3.8) is 0 Å². The van der Waals surface area contributed by atoms with Crippen molar-refractivity contribution in [2.45, 2.75) is 58.0 Å². The largest absolute Gasteiger partial charge is 0.488 e. The molecule has 3 aliphatic rings. The molecule has 3 heterocycles. The van der Waals surface area contributed by atoms with E-state index in [1.165, 1.54) is 0 Å². The van der Waals surface area contributed by atoms with Gasteiger partial charge in [0.1, 0.15) is 17.5 Å². The Balaban J connectivity index is 1.21. The molecule has 9 nitrogen and oxygen atoms in total. The van der Waals surface area contributed by atoms with Crippen LogP contribution in [0.1, 0.15) is 44.7 Å². The van der Waals surface area contributed by atoms with E-state index < -0.39 is 0 Å². The molecule has 0 amide bonds. The first-order valence-electron chi connectivity index (χ1n) is 11.6. The van der Waals surface area contributed by atoms with Gasteiger partial charge in [0.25, 0.3) is 0 Å². The van der Waals surface area contributed by atoms with E-state index in [-0.39, 0.29) is 30.2 Å². The van der Waals surface area contributed by atoms with Crippen molar-refractivity contribution in [1.29, 1.82) is 0 Å². The third-order valence-electron chi connectivity index (χ3n) is 6.76. The maximum atomic E-state index is 12.1. The van der Waals surface area contributed by atoms with Crippen molar-refractivity contribution >= 4 is 5.97 Å². The second-order valence-electron chi connectivity index (χ2n) is 8.75. The lowest BCUT2D eigenvalue weighted by atomic mass is 10.1. The predicted octanol–water partition coefficient (Wildman–Crippen LogP) is 2.89. The molecule has 172 valence electrons. The summed E-state index contributed by atoms with van der Waals surface area (Å²) in [4.78, 5) is 16.6. The molecule has 5 atom stereocenters. The average Bonchev–Trinajstić information content (AvgIpc) is 3.22. The number of ether oxygens (including phenoxy) is 4. The molecular weight excluding hydrogens is 412 g/mol. The van der Waals surface area contributed by atoms with Crippen molar-refractivity contribution in [2.24, 2.45) is 24.8 Å². The van der Waals surface area contributed by atoms with Gasteiger partial charge in [0.15, 0.2) is 6.29 Å². The van der Waals surface area contributed by atoms with Crippen LogP contribution >= 0.6 is 0 Å². The molecule has 0 bridgehead atoms. The number of nitrogens with zero attached hydrogens (tertiary/aromatic N) is 4. The molecule has 32 heavy (non-hydrogen) atoms. The van der Waals surface area contributed by atoms with Crippen molar-refractivity contribution in [3.8, 4) is 17.1 Å². The molecule has 2 saturated carbocycles. The number of rotatable bonds is 8. The Hall–Kier alpha value is -2.52. The Morgan fingerprint density at radius 2 is 2.16 bits per heavy atom. The van der Waals surface area contributed by atoms with Crippen LogP contribution in [0, 0.1) is 17.8 Å². The van der Waals surface area contributed by atoms with Gasteiger partial charge < -0.3 is 18.9 Å². The maximum Gasteiger partial charge on any atom is 0.309 e. The number of hydrogen-bond acceptors (Lipinski definition) is 8. The van der Waals surface area contributed by atoms with Crippen LogP contribution < -0.4 is 4.74 Å². The molecule has 1 aliphatic heterocycles. The molecule has 2 aliphatic carbocycles. The quantitative estimate of drug-likeness (QED) is 0.576. The second-order valence-corrected chi connectivity index (χ2v) is 8.75. The van der Waals surface area contributed by atoms with Crippen molar-refractivity contribution < 1.29 is 23.7 Å². The molecule has 9 heteroatoms. The van der Waals surface area contributed by atoms with Crippen LogP contribution in [-0.4, -0.2) is 51.6 Å². The van der Waals surface area contributed by atoms with E-state index in [1.54, 1.807) is 10.9 Å². The molecule has 0 radical (unpaired) electrons. The first-order valence-corrected chi connectivity index (χ1v) is 11.6. The summed E-state index contributed by atoms with van der Waals surface area (Å²) in [7, 11) is 1.85. The molecule has 0 spiro atoms. The van der Waals surface area contributed by atoms with Crippen LogP contribution in [0.5, 0.6) is 5.75 Å². The first-order chi connectivity index (χ1) is 15.7. The number of aromatic nitrogens is 4. The molecule has 1 unspecified atom stereocenters. The fourth-order valence-electron chi connectivity index (χ4n) is 5.05. The van der Waals surface area contributed by atoms with E-state index in [0.29, 0.717) is 36.3 Å². The number of fused-ring (bicyclic) bond motifs is 1.